The number of nitrogens with two attached hydrogens (primary N) is 2. The average molecular weight is 178 g/mol. The van der Waals surface area contributed by atoms with Crippen LogP contribution in [0.2, 0.25) is 0 Å². The summed E-state index contributed by atoms with van der Waals surface area (Å²) < 4.78 is 0. The van der Waals surface area contributed by atoms with E-state index in [0.717, 1.165) is 19.4 Å². The van der Waals surface area contributed by atoms with Gasteiger partial charge >= 0.3 is 0 Å². The predicted molar refractivity (Wildman–Crippen MR) is 56.4 cm³/mol. The summed E-state index contributed by atoms with van der Waals surface area (Å²) in [5, 5.41) is 0. The van der Waals surface area contributed by atoms with E-state index in [1.807, 2.05) is 0 Å². The summed E-state index contributed by atoms with van der Waals surface area (Å²) in [5.74, 6) is 0. The largest absolute Gasteiger partial charge is 0.330 e. The number of benzene rings is 1. The quantitative estimate of drug-likeness (QED) is 0.737. The van der Waals surface area contributed by atoms with Crippen molar-refractivity contribution in [1.29, 1.82) is 0 Å². The Morgan fingerprint density at radius 3 is 2.38 bits per heavy atom. The maximum absolute atomic E-state index is 5.98. The Bertz CT molecular complexity index is 241. The van der Waals surface area contributed by atoms with Gasteiger partial charge in [0.15, 0.2) is 0 Å². The van der Waals surface area contributed by atoms with Crippen molar-refractivity contribution in [1.82, 2.24) is 0 Å². The summed E-state index contributed by atoms with van der Waals surface area (Å²) in [6.45, 7) is 2.80. The Labute approximate surface area is 79.9 Å². The summed E-state index contributed by atoms with van der Waals surface area (Å²) in [7, 11) is 0. The summed E-state index contributed by atoms with van der Waals surface area (Å²) >= 11 is 0. The first-order chi connectivity index (χ1) is 6.24. The predicted octanol–water partition coefficient (Wildman–Crippen LogP) is 1.73. The highest BCUT2D eigenvalue weighted by atomic mass is 14.6. The van der Waals surface area contributed by atoms with Crippen molar-refractivity contribution in [3.05, 3.63) is 35.4 Å². The molecule has 0 heterocycles. The molecule has 1 aromatic rings. The number of aryl methyl sites for hydroxylation is 1. The van der Waals surface area contributed by atoms with Gasteiger partial charge in [-0.1, -0.05) is 29.8 Å². The fraction of sp³-hybridized carbons (Fsp3) is 0.455. The zero-order chi connectivity index (χ0) is 9.68. The second-order valence-corrected chi connectivity index (χ2v) is 3.45. The van der Waals surface area contributed by atoms with Crippen LogP contribution in [-0.2, 0) is 0 Å². The molecule has 0 amide bonds. The molecule has 2 heteroatoms. The number of hydrogen-bond donors (Lipinski definition) is 2. The van der Waals surface area contributed by atoms with Crippen LogP contribution in [0.3, 0.4) is 0 Å². The number of hydrogen-bond acceptors (Lipinski definition) is 2. The fourth-order valence-corrected chi connectivity index (χ4v) is 1.32. The molecule has 0 aliphatic heterocycles. The van der Waals surface area contributed by atoms with Gasteiger partial charge in [-0.2, -0.15) is 0 Å². The molecule has 1 rings (SSSR count). The van der Waals surface area contributed by atoms with Gasteiger partial charge in [0.05, 0.1) is 0 Å². The Balaban J connectivity index is 2.55. The molecule has 1 atom stereocenters. The Kier molecular flexibility index (Phi) is 3.93. The zero-order valence-electron chi connectivity index (χ0n) is 8.16. The van der Waals surface area contributed by atoms with E-state index in [1.54, 1.807) is 0 Å². The van der Waals surface area contributed by atoms with Gasteiger partial charge < -0.3 is 11.5 Å². The monoisotopic (exact) mass is 178 g/mol. The molecule has 72 valence electrons. The van der Waals surface area contributed by atoms with Crippen LogP contribution in [0.5, 0.6) is 0 Å². The third-order valence-electron chi connectivity index (χ3n) is 2.22. The zero-order valence-corrected chi connectivity index (χ0v) is 8.16. The summed E-state index contributed by atoms with van der Waals surface area (Å²) in [4.78, 5) is 0. The van der Waals surface area contributed by atoms with Gasteiger partial charge in [0, 0.05) is 6.04 Å². The molecule has 0 radical (unpaired) electrons. The lowest BCUT2D eigenvalue weighted by Gasteiger charge is -2.11. The van der Waals surface area contributed by atoms with Crippen LogP contribution in [0.4, 0.5) is 0 Å². The van der Waals surface area contributed by atoms with Gasteiger partial charge in [-0.15, -0.1) is 0 Å². The first-order valence-corrected chi connectivity index (χ1v) is 4.76. The smallest absolute Gasteiger partial charge is 0.0295 e. The topological polar surface area (TPSA) is 52.0 Å². The Morgan fingerprint density at radius 2 is 1.85 bits per heavy atom. The highest BCUT2D eigenvalue weighted by molar-refractivity contribution is 5.23. The summed E-state index contributed by atoms with van der Waals surface area (Å²) in [6, 6.07) is 8.52. The van der Waals surface area contributed by atoms with Crippen molar-refractivity contribution in [3.8, 4) is 0 Å². The van der Waals surface area contributed by atoms with Gasteiger partial charge in [-0.25, -0.2) is 0 Å². The van der Waals surface area contributed by atoms with Crippen LogP contribution in [0.15, 0.2) is 24.3 Å². The lowest BCUT2D eigenvalue weighted by atomic mass is 10.0. The number of rotatable bonds is 4. The minimum atomic E-state index is 0.143. The normalized spacial score (nSPS) is 12.8. The molecule has 0 aromatic heterocycles. The molecule has 13 heavy (non-hydrogen) atoms. The van der Waals surface area contributed by atoms with Crippen molar-refractivity contribution in [2.24, 2.45) is 11.5 Å². The van der Waals surface area contributed by atoms with Crippen LogP contribution < -0.4 is 11.5 Å². The lowest BCUT2D eigenvalue weighted by molar-refractivity contribution is 0.618. The van der Waals surface area contributed by atoms with Crippen molar-refractivity contribution >= 4 is 0 Å². The van der Waals surface area contributed by atoms with Crippen LogP contribution in [0, 0.1) is 6.92 Å². The van der Waals surface area contributed by atoms with E-state index in [0.29, 0.717) is 0 Å². The van der Waals surface area contributed by atoms with E-state index in [-0.39, 0.29) is 6.04 Å². The van der Waals surface area contributed by atoms with Crippen molar-refractivity contribution in [3.63, 3.8) is 0 Å². The standard InChI is InChI=1S/C11H18N2/c1-9-4-6-10(7-5-9)11(13)3-2-8-12/h4-7,11H,2-3,8,12-13H2,1H3/t11-/m0/s1. The molecule has 0 spiro atoms. The molecule has 0 saturated heterocycles. The molecule has 0 aliphatic rings. The van der Waals surface area contributed by atoms with E-state index in [9.17, 15) is 0 Å². The second kappa shape index (κ2) is 5.00. The molecule has 0 fully saturated rings. The molecule has 1 aromatic carbocycles. The molecule has 0 bridgehead atoms. The first kappa shape index (κ1) is 10.2. The van der Waals surface area contributed by atoms with E-state index < -0.39 is 0 Å². The van der Waals surface area contributed by atoms with Crippen LogP contribution in [-0.4, -0.2) is 6.54 Å². The maximum Gasteiger partial charge on any atom is 0.0295 e. The van der Waals surface area contributed by atoms with E-state index in [4.69, 9.17) is 11.5 Å². The lowest BCUT2D eigenvalue weighted by Crippen LogP contribution is -2.12. The minimum absolute atomic E-state index is 0.143. The van der Waals surface area contributed by atoms with Crippen LogP contribution in [0.1, 0.15) is 30.0 Å². The molecular weight excluding hydrogens is 160 g/mol. The average Bonchev–Trinajstić information content (AvgIpc) is 2.15. The summed E-state index contributed by atoms with van der Waals surface area (Å²) in [6.07, 6.45) is 1.97. The van der Waals surface area contributed by atoms with Crippen molar-refractivity contribution in [2.75, 3.05) is 6.54 Å². The summed E-state index contributed by atoms with van der Waals surface area (Å²) in [5.41, 5.74) is 13.9. The van der Waals surface area contributed by atoms with E-state index in [1.165, 1.54) is 11.1 Å². The fourth-order valence-electron chi connectivity index (χ4n) is 1.32. The van der Waals surface area contributed by atoms with Gasteiger partial charge in [-0.3, -0.25) is 0 Å². The van der Waals surface area contributed by atoms with Gasteiger partial charge in [0.25, 0.3) is 0 Å². The highest BCUT2D eigenvalue weighted by Gasteiger charge is 2.03. The molecule has 0 aliphatic carbocycles. The van der Waals surface area contributed by atoms with Gasteiger partial charge in [-0.05, 0) is 31.9 Å². The Morgan fingerprint density at radius 1 is 1.23 bits per heavy atom. The third-order valence-corrected chi connectivity index (χ3v) is 2.22. The SMILES string of the molecule is Cc1ccc([C@@H](N)CCCN)cc1. The molecule has 2 nitrogen and oxygen atoms in total. The molecule has 0 unspecified atom stereocenters. The molecule has 0 saturated carbocycles. The minimum Gasteiger partial charge on any atom is -0.330 e. The van der Waals surface area contributed by atoms with E-state index >= 15 is 0 Å². The second-order valence-electron chi connectivity index (χ2n) is 3.45. The van der Waals surface area contributed by atoms with Crippen molar-refractivity contribution in [2.45, 2.75) is 25.8 Å². The first-order valence-electron chi connectivity index (χ1n) is 4.76. The van der Waals surface area contributed by atoms with Crippen molar-refractivity contribution < 1.29 is 0 Å². The molecule has 4 N–H and O–H groups in total. The third kappa shape index (κ3) is 3.17. The van der Waals surface area contributed by atoms with Gasteiger partial charge in [0.2, 0.25) is 0 Å². The highest BCUT2D eigenvalue weighted by Crippen LogP contribution is 2.15. The van der Waals surface area contributed by atoms with E-state index in [2.05, 4.69) is 31.2 Å². The Hall–Kier alpha value is -0.860. The maximum atomic E-state index is 5.98. The molecular formula is C11H18N2. The van der Waals surface area contributed by atoms with Crippen LogP contribution >= 0.6 is 0 Å². The van der Waals surface area contributed by atoms with Gasteiger partial charge in [0.1, 0.15) is 0 Å². The van der Waals surface area contributed by atoms with Crippen LogP contribution in [0.25, 0.3) is 0 Å².